The number of rotatable bonds is 6. The van der Waals surface area contributed by atoms with E-state index in [-0.39, 0.29) is 12.1 Å². The van der Waals surface area contributed by atoms with Gasteiger partial charge in [0.2, 0.25) is 0 Å². The second kappa shape index (κ2) is 8.06. The molecule has 1 aromatic rings. The zero-order valence-corrected chi connectivity index (χ0v) is 15.3. The van der Waals surface area contributed by atoms with E-state index in [1.807, 2.05) is 31.5 Å². The number of amides is 1. The number of nitrogens with zero attached hydrogens (tertiary/aromatic N) is 3. The quantitative estimate of drug-likeness (QED) is 0.743. The third kappa shape index (κ3) is 5.14. The second-order valence-corrected chi connectivity index (χ2v) is 7.60. The van der Waals surface area contributed by atoms with Crippen molar-refractivity contribution >= 4 is 17.9 Å². The minimum atomic E-state index is -0.486. The molecule has 1 fully saturated rings. The van der Waals surface area contributed by atoms with Crippen LogP contribution >= 0.6 is 11.8 Å². The lowest BCUT2D eigenvalue weighted by Gasteiger charge is -2.28. The van der Waals surface area contributed by atoms with Gasteiger partial charge in [0.25, 0.3) is 0 Å². The van der Waals surface area contributed by atoms with E-state index in [0.717, 1.165) is 24.4 Å². The smallest absolute Gasteiger partial charge is 0.410 e. The highest BCUT2D eigenvalue weighted by molar-refractivity contribution is 7.98. The molecule has 6 nitrogen and oxygen atoms in total. The number of thioether (sulfide) groups is 1. The molecule has 0 aliphatic carbocycles. The van der Waals surface area contributed by atoms with Crippen LogP contribution in [0.25, 0.3) is 0 Å². The van der Waals surface area contributed by atoms with Crippen molar-refractivity contribution in [1.29, 1.82) is 0 Å². The summed E-state index contributed by atoms with van der Waals surface area (Å²) in [7, 11) is 0. The molecule has 2 rings (SSSR count). The average Bonchev–Trinajstić information content (AvgIpc) is 3.09. The van der Waals surface area contributed by atoms with E-state index >= 15 is 0 Å². The summed E-state index contributed by atoms with van der Waals surface area (Å²) in [6.07, 6.45) is 7.32. The lowest BCUT2D eigenvalue weighted by atomic mass is 10.2. The predicted molar refractivity (Wildman–Crippen MR) is 91.5 cm³/mol. The first-order valence-electron chi connectivity index (χ1n) is 7.99. The SMILES string of the molecule is CSCCOCn1ccnc1[C@@H]1CCCN1C(=O)OC(C)(C)C. The van der Waals surface area contributed by atoms with Crippen LogP contribution in [0.5, 0.6) is 0 Å². The Bertz CT molecular complexity index is 513. The maximum absolute atomic E-state index is 12.4. The van der Waals surface area contributed by atoms with Crippen molar-refractivity contribution in [3.05, 3.63) is 18.2 Å². The molecule has 130 valence electrons. The van der Waals surface area contributed by atoms with Crippen molar-refractivity contribution in [2.45, 2.75) is 52.0 Å². The fourth-order valence-corrected chi connectivity index (χ4v) is 2.89. The second-order valence-electron chi connectivity index (χ2n) is 6.62. The molecule has 0 unspecified atom stereocenters. The maximum Gasteiger partial charge on any atom is 0.410 e. The molecule has 0 bridgehead atoms. The van der Waals surface area contributed by atoms with Crippen LogP contribution in [0.1, 0.15) is 45.5 Å². The molecular formula is C16H27N3O3S. The van der Waals surface area contributed by atoms with Gasteiger partial charge in [0, 0.05) is 24.7 Å². The van der Waals surface area contributed by atoms with E-state index < -0.39 is 5.60 Å². The predicted octanol–water partition coefficient (Wildman–Crippen LogP) is 3.29. The normalized spacial score (nSPS) is 18.4. The highest BCUT2D eigenvalue weighted by atomic mass is 32.2. The van der Waals surface area contributed by atoms with Crippen LogP contribution in [-0.4, -0.2) is 51.3 Å². The van der Waals surface area contributed by atoms with E-state index in [9.17, 15) is 4.79 Å². The van der Waals surface area contributed by atoms with Crippen LogP contribution in [0.2, 0.25) is 0 Å². The Balaban J connectivity index is 2.02. The topological polar surface area (TPSA) is 56.6 Å². The minimum Gasteiger partial charge on any atom is -0.444 e. The molecule has 1 aliphatic rings. The van der Waals surface area contributed by atoms with Gasteiger partial charge in [0.05, 0.1) is 12.6 Å². The lowest BCUT2D eigenvalue weighted by molar-refractivity contribution is 0.0204. The van der Waals surface area contributed by atoms with E-state index in [1.54, 1.807) is 22.9 Å². The van der Waals surface area contributed by atoms with Gasteiger partial charge in [-0.15, -0.1) is 0 Å². The Morgan fingerprint density at radius 3 is 2.96 bits per heavy atom. The number of aromatic nitrogens is 2. The van der Waals surface area contributed by atoms with Gasteiger partial charge in [-0.1, -0.05) is 0 Å². The summed E-state index contributed by atoms with van der Waals surface area (Å²) < 4.78 is 13.2. The van der Waals surface area contributed by atoms with Gasteiger partial charge in [-0.05, 0) is 39.9 Å². The Labute approximate surface area is 142 Å². The van der Waals surface area contributed by atoms with Crippen molar-refractivity contribution in [3.63, 3.8) is 0 Å². The monoisotopic (exact) mass is 341 g/mol. The Kier molecular flexibility index (Phi) is 6.35. The first-order valence-corrected chi connectivity index (χ1v) is 9.39. The molecule has 0 N–H and O–H groups in total. The number of imidazole rings is 1. The zero-order chi connectivity index (χ0) is 16.9. The zero-order valence-electron chi connectivity index (χ0n) is 14.4. The lowest BCUT2D eigenvalue weighted by Crippen LogP contribution is -2.37. The number of carbonyl (C=O) groups excluding carboxylic acids is 1. The van der Waals surface area contributed by atoms with Gasteiger partial charge < -0.3 is 14.0 Å². The van der Waals surface area contributed by atoms with E-state index in [1.165, 1.54) is 0 Å². The van der Waals surface area contributed by atoms with E-state index in [2.05, 4.69) is 11.2 Å². The molecule has 0 saturated carbocycles. The van der Waals surface area contributed by atoms with Crippen LogP contribution in [0, 0.1) is 0 Å². The van der Waals surface area contributed by atoms with Crippen molar-refractivity contribution in [2.24, 2.45) is 0 Å². The van der Waals surface area contributed by atoms with Crippen LogP contribution in [-0.2, 0) is 16.2 Å². The number of likely N-dealkylation sites (tertiary alicyclic amines) is 1. The fourth-order valence-electron chi connectivity index (χ4n) is 2.61. The third-order valence-corrected chi connectivity index (χ3v) is 4.16. The van der Waals surface area contributed by atoms with Gasteiger partial charge in [0.15, 0.2) is 0 Å². The maximum atomic E-state index is 12.4. The molecule has 1 aromatic heterocycles. The highest BCUT2D eigenvalue weighted by Gasteiger charge is 2.35. The Morgan fingerprint density at radius 1 is 1.48 bits per heavy atom. The van der Waals surface area contributed by atoms with Crippen LogP contribution < -0.4 is 0 Å². The first-order chi connectivity index (χ1) is 10.9. The largest absolute Gasteiger partial charge is 0.444 e. The molecule has 0 aromatic carbocycles. The molecule has 1 saturated heterocycles. The molecular weight excluding hydrogens is 314 g/mol. The van der Waals surface area contributed by atoms with Crippen molar-refractivity contribution < 1.29 is 14.3 Å². The molecule has 1 atom stereocenters. The Morgan fingerprint density at radius 2 is 2.26 bits per heavy atom. The molecule has 0 radical (unpaired) electrons. The van der Waals surface area contributed by atoms with Gasteiger partial charge in [0.1, 0.15) is 18.2 Å². The van der Waals surface area contributed by atoms with Gasteiger partial charge in [-0.3, -0.25) is 4.90 Å². The van der Waals surface area contributed by atoms with Crippen molar-refractivity contribution in [1.82, 2.24) is 14.5 Å². The summed E-state index contributed by atoms with van der Waals surface area (Å²) in [6.45, 7) is 7.54. The summed E-state index contributed by atoms with van der Waals surface area (Å²) in [5, 5.41) is 0. The standard InChI is InChI=1S/C16H27N3O3S/c1-16(2,3)22-15(20)19-8-5-6-13(19)14-17-7-9-18(14)12-21-10-11-23-4/h7,9,13H,5-6,8,10-12H2,1-4H3/t13-/m0/s1. The third-order valence-electron chi connectivity index (χ3n) is 3.59. The highest BCUT2D eigenvalue weighted by Crippen LogP contribution is 2.32. The van der Waals surface area contributed by atoms with Gasteiger partial charge in [-0.2, -0.15) is 11.8 Å². The summed E-state index contributed by atoms with van der Waals surface area (Å²) in [6, 6.07) is -0.0380. The van der Waals surface area contributed by atoms with Gasteiger partial charge >= 0.3 is 6.09 Å². The van der Waals surface area contributed by atoms with Crippen LogP contribution in [0.4, 0.5) is 4.79 Å². The van der Waals surface area contributed by atoms with Gasteiger partial charge in [-0.25, -0.2) is 9.78 Å². The first kappa shape index (κ1) is 18.1. The summed E-state index contributed by atoms with van der Waals surface area (Å²) >= 11 is 1.76. The number of hydrogen-bond donors (Lipinski definition) is 0. The van der Waals surface area contributed by atoms with Crippen molar-refractivity contribution in [3.8, 4) is 0 Å². The molecule has 2 heterocycles. The summed E-state index contributed by atoms with van der Waals surface area (Å²) in [4.78, 5) is 18.6. The van der Waals surface area contributed by atoms with E-state index in [4.69, 9.17) is 9.47 Å². The molecule has 23 heavy (non-hydrogen) atoms. The van der Waals surface area contributed by atoms with Crippen molar-refractivity contribution in [2.75, 3.05) is 25.2 Å². The molecule has 1 aliphatic heterocycles. The number of carbonyl (C=O) groups is 1. The molecule has 1 amide bonds. The summed E-state index contributed by atoms with van der Waals surface area (Å²) in [5.41, 5.74) is -0.486. The summed E-state index contributed by atoms with van der Waals surface area (Å²) in [5.74, 6) is 1.84. The molecule has 7 heteroatoms. The molecule has 0 spiro atoms. The van der Waals surface area contributed by atoms with Crippen LogP contribution in [0.3, 0.4) is 0 Å². The Hall–Kier alpha value is -1.21. The minimum absolute atomic E-state index is 0.0380. The fraction of sp³-hybridized carbons (Fsp3) is 0.750. The van der Waals surface area contributed by atoms with E-state index in [0.29, 0.717) is 19.9 Å². The number of ether oxygens (including phenoxy) is 2. The van der Waals surface area contributed by atoms with Crippen LogP contribution in [0.15, 0.2) is 12.4 Å². The average molecular weight is 341 g/mol. The number of hydrogen-bond acceptors (Lipinski definition) is 5.